The van der Waals surface area contributed by atoms with Crippen molar-refractivity contribution in [1.82, 2.24) is 4.98 Å². The highest BCUT2D eigenvalue weighted by molar-refractivity contribution is 6.30. The lowest BCUT2D eigenvalue weighted by molar-refractivity contribution is -0.162. The number of alkyl halides is 3. The minimum atomic E-state index is -4.54. The Morgan fingerprint density at radius 1 is 1.24 bits per heavy atom. The number of hydrogen-bond acceptors (Lipinski definition) is 1. The molecule has 1 aromatic heterocycles. The Kier molecular flexibility index (Phi) is 4.31. The van der Waals surface area contributed by atoms with Gasteiger partial charge in [0.05, 0.1) is 11.4 Å². The summed E-state index contributed by atoms with van der Waals surface area (Å²) in [5, 5.41) is 0.448. The molecule has 1 aliphatic carbocycles. The maximum absolute atomic E-state index is 14.9. The van der Waals surface area contributed by atoms with Crippen LogP contribution in [0.3, 0.4) is 0 Å². The van der Waals surface area contributed by atoms with Crippen molar-refractivity contribution in [3.05, 3.63) is 46.4 Å². The van der Waals surface area contributed by atoms with Crippen LogP contribution >= 0.6 is 11.6 Å². The summed E-state index contributed by atoms with van der Waals surface area (Å²) in [7, 11) is 0. The molecule has 1 fully saturated rings. The monoisotopic (exact) mass is 374 g/mol. The van der Waals surface area contributed by atoms with Gasteiger partial charge >= 0.3 is 6.18 Å². The molecule has 134 valence electrons. The molecule has 1 heterocycles. The molecular formula is C17H15ClF4N2O. The van der Waals surface area contributed by atoms with Crippen molar-refractivity contribution in [1.29, 1.82) is 0 Å². The second kappa shape index (κ2) is 6.05. The molecule has 0 saturated heterocycles. The van der Waals surface area contributed by atoms with Crippen molar-refractivity contribution in [2.75, 3.05) is 0 Å². The van der Waals surface area contributed by atoms with Gasteiger partial charge in [0, 0.05) is 17.0 Å². The van der Waals surface area contributed by atoms with E-state index in [4.69, 9.17) is 17.3 Å². The highest BCUT2D eigenvalue weighted by atomic mass is 35.5. The number of carbonyl (C=O) groups is 1. The topological polar surface area (TPSA) is 58.9 Å². The number of aromatic amines is 1. The molecule has 8 heteroatoms. The molecular weight excluding hydrogens is 360 g/mol. The molecule has 25 heavy (non-hydrogen) atoms. The molecule has 1 aromatic carbocycles. The van der Waals surface area contributed by atoms with E-state index in [-0.39, 0.29) is 36.9 Å². The minimum absolute atomic E-state index is 0.0339. The fraction of sp³-hybridized carbons (Fsp3) is 0.353. The molecule has 0 spiro atoms. The van der Waals surface area contributed by atoms with Crippen molar-refractivity contribution in [3.63, 3.8) is 0 Å². The largest absolute Gasteiger partial charge is 0.399 e. The summed E-state index contributed by atoms with van der Waals surface area (Å²) in [5.74, 6) is -1.60. The quantitative estimate of drug-likeness (QED) is 0.744. The van der Waals surface area contributed by atoms with Crippen LogP contribution in [0.25, 0.3) is 11.3 Å². The zero-order valence-corrected chi connectivity index (χ0v) is 13.8. The second-order valence-electron chi connectivity index (χ2n) is 6.22. The summed E-state index contributed by atoms with van der Waals surface area (Å²) in [6.45, 7) is 0. The molecule has 2 aromatic rings. The highest BCUT2D eigenvalue weighted by Gasteiger charge is 2.66. The van der Waals surface area contributed by atoms with E-state index in [2.05, 4.69) is 4.98 Å². The molecule has 0 unspecified atom stereocenters. The maximum Gasteiger partial charge on any atom is 0.399 e. The number of primary amides is 1. The first-order valence-electron chi connectivity index (χ1n) is 7.67. The zero-order valence-electron chi connectivity index (χ0n) is 13.0. The fourth-order valence-corrected chi connectivity index (χ4v) is 3.12. The van der Waals surface area contributed by atoms with Crippen LogP contribution in [0.1, 0.15) is 30.5 Å². The van der Waals surface area contributed by atoms with Crippen molar-refractivity contribution in [3.8, 4) is 11.3 Å². The van der Waals surface area contributed by atoms with Crippen LogP contribution in [-0.2, 0) is 16.6 Å². The van der Waals surface area contributed by atoms with Gasteiger partial charge in [-0.05, 0) is 37.0 Å². The number of nitrogens with two attached hydrogens (primary N) is 1. The SMILES string of the molecule is NC(=O)CCc1c(-c2ccc(Cl)cc2)[nH]c(C2(C(F)(F)F)CC2)c1F. The van der Waals surface area contributed by atoms with E-state index in [1.807, 2.05) is 0 Å². The van der Waals surface area contributed by atoms with Crippen LogP contribution in [0.5, 0.6) is 0 Å². The Morgan fingerprint density at radius 3 is 2.32 bits per heavy atom. The third kappa shape index (κ3) is 3.13. The van der Waals surface area contributed by atoms with Gasteiger partial charge in [-0.1, -0.05) is 23.7 Å². The Hall–Kier alpha value is -2.02. The van der Waals surface area contributed by atoms with E-state index < -0.39 is 29.0 Å². The lowest BCUT2D eigenvalue weighted by atomic mass is 9.99. The molecule has 3 N–H and O–H groups in total. The molecule has 0 aliphatic heterocycles. The van der Waals surface area contributed by atoms with E-state index >= 15 is 0 Å². The number of H-pyrrole nitrogens is 1. The van der Waals surface area contributed by atoms with Gasteiger partial charge in [-0.2, -0.15) is 13.2 Å². The number of halogens is 5. The fourth-order valence-electron chi connectivity index (χ4n) is 2.99. The molecule has 0 radical (unpaired) electrons. The van der Waals surface area contributed by atoms with E-state index in [0.29, 0.717) is 10.6 Å². The Labute approximate surface area is 146 Å². The number of hydrogen-bond donors (Lipinski definition) is 2. The number of aromatic nitrogens is 1. The smallest absolute Gasteiger partial charge is 0.370 e. The maximum atomic E-state index is 14.9. The summed E-state index contributed by atoms with van der Waals surface area (Å²) >= 11 is 5.83. The minimum Gasteiger partial charge on any atom is -0.370 e. The molecule has 1 saturated carbocycles. The van der Waals surface area contributed by atoms with Crippen molar-refractivity contribution in [2.24, 2.45) is 5.73 Å². The van der Waals surface area contributed by atoms with Crippen LogP contribution in [0.15, 0.2) is 24.3 Å². The first kappa shape index (κ1) is 17.8. The number of rotatable bonds is 5. The van der Waals surface area contributed by atoms with Crippen LogP contribution in [0.2, 0.25) is 5.02 Å². The predicted octanol–water partition coefficient (Wildman–Crippen LogP) is 4.49. The highest BCUT2D eigenvalue weighted by Crippen LogP contribution is 2.59. The van der Waals surface area contributed by atoms with Crippen LogP contribution in [0.4, 0.5) is 17.6 Å². The third-order valence-corrected chi connectivity index (χ3v) is 4.81. The lowest BCUT2D eigenvalue weighted by Gasteiger charge is -2.18. The van der Waals surface area contributed by atoms with E-state index in [0.717, 1.165) is 0 Å². The van der Waals surface area contributed by atoms with Crippen LogP contribution < -0.4 is 5.73 Å². The zero-order chi connectivity index (χ0) is 18.4. The first-order valence-corrected chi connectivity index (χ1v) is 8.05. The molecule has 0 atom stereocenters. The Morgan fingerprint density at radius 2 is 1.84 bits per heavy atom. The average Bonchev–Trinajstić information content (AvgIpc) is 3.26. The van der Waals surface area contributed by atoms with Gasteiger partial charge in [0.1, 0.15) is 11.2 Å². The summed E-state index contributed by atoms with van der Waals surface area (Å²) in [6, 6.07) is 6.28. The lowest BCUT2D eigenvalue weighted by Crippen LogP contribution is -2.30. The second-order valence-corrected chi connectivity index (χ2v) is 6.66. The number of nitrogens with one attached hydrogen (secondary N) is 1. The number of amides is 1. The molecule has 1 amide bonds. The van der Waals surface area contributed by atoms with Gasteiger partial charge in [-0.3, -0.25) is 4.79 Å². The average molecular weight is 375 g/mol. The molecule has 0 bridgehead atoms. The van der Waals surface area contributed by atoms with E-state index in [1.165, 1.54) is 0 Å². The number of benzene rings is 1. The number of carbonyl (C=O) groups excluding carboxylic acids is 1. The third-order valence-electron chi connectivity index (χ3n) is 4.56. The summed E-state index contributed by atoms with van der Waals surface area (Å²) < 4.78 is 55.0. The van der Waals surface area contributed by atoms with Crippen LogP contribution in [-0.4, -0.2) is 17.1 Å². The van der Waals surface area contributed by atoms with Crippen LogP contribution in [0, 0.1) is 5.82 Å². The predicted molar refractivity (Wildman–Crippen MR) is 85.7 cm³/mol. The summed E-state index contributed by atoms with van der Waals surface area (Å²) in [4.78, 5) is 13.7. The van der Waals surface area contributed by atoms with Crippen molar-refractivity contribution >= 4 is 17.5 Å². The van der Waals surface area contributed by atoms with E-state index in [1.54, 1.807) is 24.3 Å². The molecule has 3 nitrogen and oxygen atoms in total. The first-order chi connectivity index (χ1) is 11.7. The Balaban J connectivity index is 2.11. The Bertz CT molecular complexity index is 807. The molecule has 3 rings (SSSR count). The summed E-state index contributed by atoms with van der Waals surface area (Å²) in [5.41, 5.74) is 3.21. The molecule has 1 aliphatic rings. The standard InChI is InChI=1S/C17H15ClF4N2O/c18-10-3-1-9(2-4-10)14-11(5-6-12(23)25)13(19)15(24-14)16(7-8-16)17(20,21)22/h1-4,24H,5-8H2,(H2,23,25). The van der Waals surface area contributed by atoms with Gasteiger partial charge in [0.25, 0.3) is 0 Å². The van der Waals surface area contributed by atoms with Crippen molar-refractivity contribution < 1.29 is 22.4 Å². The normalized spacial score (nSPS) is 16.0. The van der Waals surface area contributed by atoms with Crippen molar-refractivity contribution in [2.45, 2.75) is 37.3 Å². The van der Waals surface area contributed by atoms with E-state index in [9.17, 15) is 22.4 Å². The van der Waals surface area contributed by atoms with Gasteiger partial charge in [-0.25, -0.2) is 4.39 Å². The van der Waals surface area contributed by atoms with Gasteiger partial charge in [0.2, 0.25) is 5.91 Å². The van der Waals surface area contributed by atoms with Gasteiger partial charge in [0.15, 0.2) is 0 Å². The van der Waals surface area contributed by atoms with Gasteiger partial charge in [-0.15, -0.1) is 0 Å². The summed E-state index contributed by atoms with van der Waals surface area (Å²) in [6.07, 6.45) is -5.11. The van der Waals surface area contributed by atoms with Gasteiger partial charge < -0.3 is 10.7 Å².